The second-order valence-corrected chi connectivity index (χ2v) is 5.63. The summed E-state index contributed by atoms with van der Waals surface area (Å²) >= 11 is 0. The number of benzene rings is 1. The molecule has 0 bridgehead atoms. The van der Waals surface area contributed by atoms with Crippen LogP contribution in [0.3, 0.4) is 0 Å². The standard InChI is InChI=1S/C16H20N4O/c17-13-3-1-2-12(10-13)16(21)20-14-6-4-11(5-7-14)15-18-8-9-19-15/h4-9,12-13H,1-3,10,17H2,(H,18,19)(H,20,21). The highest BCUT2D eigenvalue weighted by atomic mass is 16.1. The van der Waals surface area contributed by atoms with Gasteiger partial charge in [0.15, 0.2) is 0 Å². The number of hydrogen-bond donors (Lipinski definition) is 3. The highest BCUT2D eigenvalue weighted by molar-refractivity contribution is 5.92. The van der Waals surface area contributed by atoms with Crippen molar-refractivity contribution in [2.24, 2.45) is 11.7 Å². The van der Waals surface area contributed by atoms with E-state index in [1.54, 1.807) is 12.4 Å². The molecular formula is C16H20N4O. The Morgan fingerprint density at radius 1 is 1.29 bits per heavy atom. The van der Waals surface area contributed by atoms with Gasteiger partial charge in [-0.25, -0.2) is 4.98 Å². The number of nitrogens with one attached hydrogen (secondary N) is 2. The van der Waals surface area contributed by atoms with Crippen molar-refractivity contribution in [1.29, 1.82) is 0 Å². The quantitative estimate of drug-likeness (QED) is 0.809. The maximum absolute atomic E-state index is 12.2. The van der Waals surface area contributed by atoms with Crippen molar-refractivity contribution in [2.45, 2.75) is 31.7 Å². The lowest BCUT2D eigenvalue weighted by Gasteiger charge is -2.25. The molecule has 1 aromatic heterocycles. The van der Waals surface area contributed by atoms with E-state index in [0.29, 0.717) is 0 Å². The van der Waals surface area contributed by atoms with E-state index in [1.807, 2.05) is 24.3 Å². The number of anilines is 1. The number of imidazole rings is 1. The molecule has 0 radical (unpaired) electrons. The third-order valence-electron chi connectivity index (χ3n) is 4.01. The van der Waals surface area contributed by atoms with Gasteiger partial charge in [0, 0.05) is 35.6 Å². The molecule has 0 saturated heterocycles. The normalized spacial score (nSPS) is 22.0. The third-order valence-corrected chi connectivity index (χ3v) is 4.01. The molecular weight excluding hydrogens is 264 g/mol. The van der Waals surface area contributed by atoms with E-state index in [1.165, 1.54) is 0 Å². The molecule has 2 aromatic rings. The lowest BCUT2D eigenvalue weighted by atomic mass is 9.85. The van der Waals surface area contributed by atoms with Crippen molar-refractivity contribution in [3.8, 4) is 11.4 Å². The fourth-order valence-electron chi connectivity index (χ4n) is 2.84. The van der Waals surface area contributed by atoms with E-state index < -0.39 is 0 Å². The van der Waals surface area contributed by atoms with Crippen molar-refractivity contribution < 1.29 is 4.79 Å². The molecule has 5 heteroatoms. The highest BCUT2D eigenvalue weighted by Gasteiger charge is 2.25. The lowest BCUT2D eigenvalue weighted by Crippen LogP contribution is -2.34. The molecule has 1 amide bonds. The fraction of sp³-hybridized carbons (Fsp3) is 0.375. The minimum absolute atomic E-state index is 0.0403. The zero-order valence-corrected chi connectivity index (χ0v) is 11.9. The van der Waals surface area contributed by atoms with Gasteiger partial charge < -0.3 is 16.0 Å². The summed E-state index contributed by atoms with van der Waals surface area (Å²) in [5, 5.41) is 2.98. The van der Waals surface area contributed by atoms with Gasteiger partial charge in [0.1, 0.15) is 5.82 Å². The van der Waals surface area contributed by atoms with Crippen LogP contribution in [0.4, 0.5) is 5.69 Å². The zero-order chi connectivity index (χ0) is 14.7. The Balaban J connectivity index is 1.63. The molecule has 1 aliphatic rings. The summed E-state index contributed by atoms with van der Waals surface area (Å²) in [6.07, 6.45) is 7.30. The van der Waals surface area contributed by atoms with Gasteiger partial charge in [-0.3, -0.25) is 4.79 Å². The average Bonchev–Trinajstić information content (AvgIpc) is 3.02. The van der Waals surface area contributed by atoms with Gasteiger partial charge in [-0.15, -0.1) is 0 Å². The first-order valence-electron chi connectivity index (χ1n) is 7.38. The van der Waals surface area contributed by atoms with Gasteiger partial charge in [-0.05, 0) is 43.5 Å². The van der Waals surface area contributed by atoms with E-state index in [-0.39, 0.29) is 17.9 Å². The maximum Gasteiger partial charge on any atom is 0.227 e. The van der Waals surface area contributed by atoms with Crippen molar-refractivity contribution in [3.63, 3.8) is 0 Å². The van der Waals surface area contributed by atoms with Gasteiger partial charge in [0.05, 0.1) is 0 Å². The monoisotopic (exact) mass is 284 g/mol. The molecule has 0 spiro atoms. The first-order chi connectivity index (χ1) is 10.2. The molecule has 0 aliphatic heterocycles. The largest absolute Gasteiger partial charge is 0.345 e. The molecule has 110 valence electrons. The van der Waals surface area contributed by atoms with Gasteiger partial charge in [-0.1, -0.05) is 6.42 Å². The second-order valence-electron chi connectivity index (χ2n) is 5.63. The summed E-state index contributed by atoms with van der Waals surface area (Å²) < 4.78 is 0. The van der Waals surface area contributed by atoms with Crippen LogP contribution in [0.25, 0.3) is 11.4 Å². The number of hydrogen-bond acceptors (Lipinski definition) is 3. The van der Waals surface area contributed by atoms with Crippen LogP contribution in [-0.4, -0.2) is 21.9 Å². The number of carbonyl (C=O) groups is 1. The Hall–Kier alpha value is -2.14. The summed E-state index contributed by atoms with van der Waals surface area (Å²) in [6, 6.07) is 7.86. The molecule has 1 fully saturated rings. The Labute approximate surface area is 124 Å². The number of amides is 1. The zero-order valence-electron chi connectivity index (χ0n) is 11.9. The van der Waals surface area contributed by atoms with Crippen LogP contribution in [0, 0.1) is 5.92 Å². The van der Waals surface area contributed by atoms with E-state index >= 15 is 0 Å². The molecule has 3 rings (SSSR count). The van der Waals surface area contributed by atoms with Crippen LogP contribution in [0.1, 0.15) is 25.7 Å². The van der Waals surface area contributed by atoms with E-state index in [0.717, 1.165) is 42.8 Å². The highest BCUT2D eigenvalue weighted by Crippen LogP contribution is 2.25. The molecule has 1 aliphatic carbocycles. The Bertz CT molecular complexity index is 591. The summed E-state index contributed by atoms with van der Waals surface area (Å²) in [7, 11) is 0. The summed E-state index contributed by atoms with van der Waals surface area (Å²) in [5.41, 5.74) is 7.75. The van der Waals surface area contributed by atoms with Crippen molar-refractivity contribution in [3.05, 3.63) is 36.7 Å². The molecule has 5 nitrogen and oxygen atoms in total. The van der Waals surface area contributed by atoms with Gasteiger partial charge in [0.2, 0.25) is 5.91 Å². The maximum atomic E-state index is 12.2. The number of nitrogens with zero attached hydrogens (tertiary/aromatic N) is 1. The van der Waals surface area contributed by atoms with Crippen LogP contribution < -0.4 is 11.1 Å². The molecule has 1 heterocycles. The summed E-state index contributed by atoms with van der Waals surface area (Å²) in [5.74, 6) is 0.945. The van der Waals surface area contributed by atoms with E-state index in [9.17, 15) is 4.79 Å². The molecule has 4 N–H and O–H groups in total. The third kappa shape index (κ3) is 3.31. The summed E-state index contributed by atoms with van der Waals surface area (Å²) in [6.45, 7) is 0. The van der Waals surface area contributed by atoms with Crippen molar-refractivity contribution >= 4 is 11.6 Å². The Kier molecular flexibility index (Phi) is 4.01. The number of aromatic nitrogens is 2. The number of rotatable bonds is 3. The molecule has 2 unspecified atom stereocenters. The first-order valence-corrected chi connectivity index (χ1v) is 7.38. The number of aromatic amines is 1. The number of H-pyrrole nitrogens is 1. The topological polar surface area (TPSA) is 83.8 Å². The first kappa shape index (κ1) is 13.8. The predicted octanol–water partition coefficient (Wildman–Crippen LogP) is 2.53. The SMILES string of the molecule is NC1CCCC(C(=O)Nc2ccc(-c3ncc[nH]3)cc2)C1. The smallest absolute Gasteiger partial charge is 0.227 e. The van der Waals surface area contributed by atoms with Crippen LogP contribution in [0.15, 0.2) is 36.7 Å². The second kappa shape index (κ2) is 6.10. The Morgan fingerprint density at radius 2 is 2.10 bits per heavy atom. The predicted molar refractivity (Wildman–Crippen MR) is 82.6 cm³/mol. The molecule has 2 atom stereocenters. The van der Waals surface area contributed by atoms with E-state index in [4.69, 9.17) is 5.73 Å². The molecule has 21 heavy (non-hydrogen) atoms. The van der Waals surface area contributed by atoms with Crippen molar-refractivity contribution in [1.82, 2.24) is 9.97 Å². The molecule has 1 aromatic carbocycles. The minimum atomic E-state index is 0.0403. The van der Waals surface area contributed by atoms with Gasteiger partial charge >= 0.3 is 0 Å². The lowest BCUT2D eigenvalue weighted by molar-refractivity contribution is -0.120. The minimum Gasteiger partial charge on any atom is -0.345 e. The van der Waals surface area contributed by atoms with Crippen LogP contribution in [-0.2, 0) is 4.79 Å². The Morgan fingerprint density at radius 3 is 2.76 bits per heavy atom. The van der Waals surface area contributed by atoms with Crippen LogP contribution in [0.2, 0.25) is 0 Å². The van der Waals surface area contributed by atoms with E-state index in [2.05, 4.69) is 15.3 Å². The van der Waals surface area contributed by atoms with Crippen LogP contribution >= 0.6 is 0 Å². The fourth-order valence-corrected chi connectivity index (χ4v) is 2.84. The number of carbonyl (C=O) groups excluding carboxylic acids is 1. The molecule has 1 saturated carbocycles. The summed E-state index contributed by atoms with van der Waals surface area (Å²) in [4.78, 5) is 19.5. The van der Waals surface area contributed by atoms with Crippen LogP contribution in [0.5, 0.6) is 0 Å². The van der Waals surface area contributed by atoms with Gasteiger partial charge in [-0.2, -0.15) is 0 Å². The van der Waals surface area contributed by atoms with Crippen molar-refractivity contribution in [2.75, 3.05) is 5.32 Å². The number of nitrogens with two attached hydrogens (primary N) is 1. The van der Waals surface area contributed by atoms with Gasteiger partial charge in [0.25, 0.3) is 0 Å². The average molecular weight is 284 g/mol.